The van der Waals surface area contributed by atoms with Crippen LogP contribution in [0.25, 0.3) is 0 Å². The van der Waals surface area contributed by atoms with Crippen molar-refractivity contribution in [2.24, 2.45) is 5.92 Å². The van der Waals surface area contributed by atoms with Gasteiger partial charge in [-0.1, -0.05) is 25.1 Å². The number of piperidine rings is 1. The topological polar surface area (TPSA) is 20.3 Å². The molecule has 0 bridgehead atoms. The predicted molar refractivity (Wildman–Crippen MR) is 77.0 cm³/mol. The summed E-state index contributed by atoms with van der Waals surface area (Å²) in [6.45, 7) is 4.16. The first-order valence-electron chi connectivity index (χ1n) is 6.71. The third-order valence-electron chi connectivity index (χ3n) is 3.19. The van der Waals surface area contributed by atoms with Gasteiger partial charge in [-0.2, -0.15) is 0 Å². The van der Waals surface area contributed by atoms with Gasteiger partial charge in [0.1, 0.15) is 0 Å². The Bertz CT molecular complexity index is 219. The van der Waals surface area contributed by atoms with Gasteiger partial charge >= 0.3 is 0 Å². The van der Waals surface area contributed by atoms with Crippen LogP contribution in [0, 0.1) is 5.92 Å². The minimum atomic E-state index is 0.286. The van der Waals surface area contributed by atoms with Crippen molar-refractivity contribution in [3.8, 4) is 0 Å². The van der Waals surface area contributed by atoms with Crippen LogP contribution in [0.4, 0.5) is 4.79 Å². The third kappa shape index (κ3) is 6.56. The summed E-state index contributed by atoms with van der Waals surface area (Å²) in [5, 5.41) is 0.286. The van der Waals surface area contributed by atoms with Crippen LogP contribution in [-0.2, 0) is 0 Å². The minimum Gasteiger partial charge on any atom is -0.334 e. The molecule has 1 aliphatic rings. The Labute approximate surface area is 114 Å². The first kappa shape index (κ1) is 15.2. The van der Waals surface area contributed by atoms with Crippen LogP contribution in [0.3, 0.4) is 0 Å². The van der Waals surface area contributed by atoms with Crippen molar-refractivity contribution in [1.29, 1.82) is 0 Å². The maximum absolute atomic E-state index is 11.9. The van der Waals surface area contributed by atoms with Gasteiger partial charge in [0.2, 0.25) is 0 Å². The van der Waals surface area contributed by atoms with Crippen LogP contribution in [0.1, 0.15) is 45.4 Å². The summed E-state index contributed by atoms with van der Waals surface area (Å²) >= 11 is 7.15. The zero-order valence-electron chi connectivity index (χ0n) is 10.8. The van der Waals surface area contributed by atoms with Crippen LogP contribution >= 0.6 is 23.4 Å². The Hall–Kier alpha value is 0.110. The van der Waals surface area contributed by atoms with Crippen molar-refractivity contribution >= 4 is 28.6 Å². The lowest BCUT2D eigenvalue weighted by Gasteiger charge is -2.26. The van der Waals surface area contributed by atoms with Gasteiger partial charge in [0.15, 0.2) is 0 Å². The molecule has 1 atom stereocenters. The second-order valence-corrected chi connectivity index (χ2v) is 6.26. The minimum absolute atomic E-state index is 0.286. The molecule has 2 nitrogen and oxygen atoms in total. The summed E-state index contributed by atoms with van der Waals surface area (Å²) in [6, 6.07) is 0. The van der Waals surface area contributed by atoms with Gasteiger partial charge < -0.3 is 4.90 Å². The fraction of sp³-hybridized carbons (Fsp3) is 0.923. The maximum atomic E-state index is 11.9. The number of hydrogen-bond acceptors (Lipinski definition) is 2. The van der Waals surface area contributed by atoms with Gasteiger partial charge in [0, 0.05) is 24.7 Å². The quantitative estimate of drug-likeness (QED) is 0.531. The van der Waals surface area contributed by atoms with Crippen LogP contribution < -0.4 is 0 Å². The highest BCUT2D eigenvalue weighted by Gasteiger charge is 2.17. The molecule has 0 N–H and O–H groups in total. The molecule has 0 saturated carbocycles. The lowest BCUT2D eigenvalue weighted by molar-refractivity contribution is 0.211. The first-order valence-corrected chi connectivity index (χ1v) is 8.23. The number of rotatable bonds is 6. The molecule has 0 aromatic carbocycles. The van der Waals surface area contributed by atoms with Crippen molar-refractivity contribution in [3.63, 3.8) is 0 Å². The molecule has 17 heavy (non-hydrogen) atoms. The molecule has 0 spiro atoms. The van der Waals surface area contributed by atoms with E-state index in [4.69, 9.17) is 11.6 Å². The standard InChI is InChI=1S/C13H24ClNOS/c1-12(7-3-4-8-14)11-17-13(16)15-9-5-2-6-10-15/h12H,2-11H2,1H3. The number of thioether (sulfide) groups is 1. The van der Waals surface area contributed by atoms with Gasteiger partial charge in [0.25, 0.3) is 5.24 Å². The fourth-order valence-corrected chi connectivity index (χ4v) is 3.20. The Kier molecular flexibility index (Phi) is 8.12. The molecule has 0 aliphatic carbocycles. The Morgan fingerprint density at radius 3 is 2.65 bits per heavy atom. The van der Waals surface area contributed by atoms with Crippen LogP contribution in [0.15, 0.2) is 0 Å². The Morgan fingerprint density at radius 1 is 1.29 bits per heavy atom. The first-order chi connectivity index (χ1) is 8.24. The normalized spacial score (nSPS) is 18.1. The summed E-state index contributed by atoms with van der Waals surface area (Å²) in [5.74, 6) is 2.33. The van der Waals surface area contributed by atoms with E-state index in [9.17, 15) is 4.79 Å². The van der Waals surface area contributed by atoms with E-state index < -0.39 is 0 Å². The van der Waals surface area contributed by atoms with E-state index in [-0.39, 0.29) is 5.24 Å². The highest BCUT2D eigenvalue weighted by Crippen LogP contribution is 2.20. The van der Waals surface area contributed by atoms with E-state index in [0.29, 0.717) is 5.92 Å². The molecule has 0 radical (unpaired) electrons. The molecule has 0 aromatic rings. The van der Waals surface area contributed by atoms with Crippen molar-refractivity contribution in [3.05, 3.63) is 0 Å². The van der Waals surface area contributed by atoms with Gasteiger partial charge in [-0.05, 0) is 38.0 Å². The van der Waals surface area contributed by atoms with E-state index >= 15 is 0 Å². The molecule has 1 aliphatic heterocycles. The highest BCUT2D eigenvalue weighted by molar-refractivity contribution is 8.13. The molecule has 1 fully saturated rings. The van der Waals surface area contributed by atoms with E-state index in [0.717, 1.165) is 31.1 Å². The number of halogens is 1. The monoisotopic (exact) mass is 277 g/mol. The number of carbonyl (C=O) groups excluding carboxylic acids is 1. The third-order valence-corrected chi connectivity index (χ3v) is 4.69. The van der Waals surface area contributed by atoms with E-state index in [1.807, 2.05) is 4.90 Å². The second kappa shape index (κ2) is 9.09. The Balaban J connectivity index is 2.09. The lowest BCUT2D eigenvalue weighted by Crippen LogP contribution is -2.33. The lowest BCUT2D eigenvalue weighted by atomic mass is 10.1. The van der Waals surface area contributed by atoms with Gasteiger partial charge in [0.05, 0.1) is 0 Å². The van der Waals surface area contributed by atoms with Crippen LogP contribution in [0.2, 0.25) is 0 Å². The van der Waals surface area contributed by atoms with Gasteiger partial charge in [-0.15, -0.1) is 11.6 Å². The molecule has 100 valence electrons. The number of carbonyl (C=O) groups is 1. The number of hydrogen-bond donors (Lipinski definition) is 0. The number of nitrogens with zero attached hydrogens (tertiary/aromatic N) is 1. The molecule has 4 heteroatoms. The highest BCUT2D eigenvalue weighted by atomic mass is 35.5. The number of likely N-dealkylation sites (tertiary alicyclic amines) is 1. The average molecular weight is 278 g/mol. The zero-order valence-corrected chi connectivity index (χ0v) is 12.4. The number of unbranched alkanes of at least 4 members (excludes halogenated alkanes) is 1. The summed E-state index contributed by atoms with van der Waals surface area (Å²) in [5.41, 5.74) is 0. The molecular formula is C13H24ClNOS. The predicted octanol–water partition coefficient (Wildman–Crippen LogP) is 4.37. The number of alkyl halides is 1. The summed E-state index contributed by atoms with van der Waals surface area (Å²) in [7, 11) is 0. The largest absolute Gasteiger partial charge is 0.334 e. The second-order valence-electron chi connectivity index (χ2n) is 4.91. The van der Waals surface area contributed by atoms with Crippen molar-refractivity contribution in [2.45, 2.75) is 45.4 Å². The fourth-order valence-electron chi connectivity index (χ4n) is 2.05. The molecular weight excluding hydrogens is 254 g/mol. The van der Waals surface area contributed by atoms with Crippen molar-refractivity contribution < 1.29 is 4.79 Å². The molecule has 1 rings (SSSR count). The van der Waals surface area contributed by atoms with Gasteiger partial charge in [-0.25, -0.2) is 0 Å². The van der Waals surface area contributed by atoms with Crippen LogP contribution in [0.5, 0.6) is 0 Å². The molecule has 1 saturated heterocycles. The van der Waals surface area contributed by atoms with Crippen molar-refractivity contribution in [2.75, 3.05) is 24.7 Å². The number of amides is 1. The zero-order chi connectivity index (χ0) is 12.5. The summed E-state index contributed by atoms with van der Waals surface area (Å²) < 4.78 is 0. The van der Waals surface area contributed by atoms with E-state index in [1.54, 1.807) is 0 Å². The van der Waals surface area contributed by atoms with Crippen molar-refractivity contribution in [1.82, 2.24) is 4.90 Å². The average Bonchev–Trinajstić information content (AvgIpc) is 2.37. The maximum Gasteiger partial charge on any atom is 0.281 e. The SMILES string of the molecule is CC(CCCCCl)CSC(=O)N1CCCCC1. The molecule has 1 heterocycles. The summed E-state index contributed by atoms with van der Waals surface area (Å²) in [4.78, 5) is 13.9. The Morgan fingerprint density at radius 2 is 2.00 bits per heavy atom. The molecule has 1 amide bonds. The van der Waals surface area contributed by atoms with Gasteiger partial charge in [-0.3, -0.25) is 4.79 Å². The van der Waals surface area contributed by atoms with E-state index in [2.05, 4.69) is 6.92 Å². The molecule has 0 aromatic heterocycles. The molecule has 1 unspecified atom stereocenters. The van der Waals surface area contributed by atoms with Crippen LogP contribution in [-0.4, -0.2) is 34.9 Å². The van der Waals surface area contributed by atoms with E-state index in [1.165, 1.54) is 43.9 Å². The summed E-state index contributed by atoms with van der Waals surface area (Å²) in [6.07, 6.45) is 7.10. The smallest absolute Gasteiger partial charge is 0.281 e.